The first-order valence-electron chi connectivity index (χ1n) is 7.54. The Morgan fingerprint density at radius 2 is 2.05 bits per heavy atom. The topological polar surface area (TPSA) is 32.3 Å². The number of likely N-dealkylation sites (tertiary alicyclic amines) is 1. The molecular formula is C14H23F3N2O. The minimum absolute atomic E-state index is 0.0235. The van der Waals surface area contributed by atoms with E-state index in [0.717, 1.165) is 32.4 Å². The van der Waals surface area contributed by atoms with E-state index in [0.29, 0.717) is 19.4 Å². The number of halogens is 3. The summed E-state index contributed by atoms with van der Waals surface area (Å²) in [5, 5.41) is 3.22. The molecule has 116 valence electrons. The van der Waals surface area contributed by atoms with Crippen molar-refractivity contribution in [2.75, 3.05) is 19.6 Å². The van der Waals surface area contributed by atoms with Crippen molar-refractivity contribution in [3.63, 3.8) is 0 Å². The van der Waals surface area contributed by atoms with Gasteiger partial charge in [-0.15, -0.1) is 0 Å². The summed E-state index contributed by atoms with van der Waals surface area (Å²) < 4.78 is 38.0. The van der Waals surface area contributed by atoms with Gasteiger partial charge in [0.05, 0.1) is 5.92 Å². The minimum atomic E-state index is -4.05. The third kappa shape index (κ3) is 4.36. The number of nitrogens with one attached hydrogen (secondary N) is 1. The van der Waals surface area contributed by atoms with Crippen LogP contribution in [0.25, 0.3) is 0 Å². The van der Waals surface area contributed by atoms with Crippen LogP contribution < -0.4 is 5.32 Å². The monoisotopic (exact) mass is 292 g/mol. The van der Waals surface area contributed by atoms with Gasteiger partial charge in [0.25, 0.3) is 0 Å². The first-order chi connectivity index (χ1) is 9.47. The van der Waals surface area contributed by atoms with E-state index in [-0.39, 0.29) is 24.8 Å². The molecule has 1 N–H and O–H groups in total. The molecule has 2 atom stereocenters. The lowest BCUT2D eigenvalue weighted by atomic mass is 9.85. The maximum Gasteiger partial charge on any atom is 0.391 e. The van der Waals surface area contributed by atoms with Gasteiger partial charge in [-0.2, -0.15) is 13.2 Å². The van der Waals surface area contributed by atoms with Crippen molar-refractivity contribution < 1.29 is 18.0 Å². The molecule has 1 aliphatic heterocycles. The third-order valence-electron chi connectivity index (χ3n) is 4.35. The zero-order chi connectivity index (χ0) is 14.6. The van der Waals surface area contributed by atoms with E-state index in [1.807, 2.05) is 4.90 Å². The van der Waals surface area contributed by atoms with E-state index in [1.165, 1.54) is 0 Å². The number of hydrogen-bond acceptors (Lipinski definition) is 2. The number of carbonyl (C=O) groups excluding carboxylic acids is 1. The lowest BCUT2D eigenvalue weighted by Crippen LogP contribution is -2.39. The van der Waals surface area contributed by atoms with E-state index < -0.39 is 12.1 Å². The lowest BCUT2D eigenvalue weighted by Gasteiger charge is -2.31. The number of rotatable bonds is 5. The van der Waals surface area contributed by atoms with Crippen LogP contribution in [0.1, 0.15) is 44.9 Å². The second-order valence-corrected chi connectivity index (χ2v) is 5.89. The van der Waals surface area contributed by atoms with Gasteiger partial charge in [0.15, 0.2) is 0 Å². The summed E-state index contributed by atoms with van der Waals surface area (Å²) in [5.74, 6) is -0.936. The predicted molar refractivity (Wildman–Crippen MR) is 70.2 cm³/mol. The average Bonchev–Trinajstić information content (AvgIpc) is 2.80. The van der Waals surface area contributed by atoms with Gasteiger partial charge in [-0.05, 0) is 38.6 Å². The van der Waals surface area contributed by atoms with Crippen molar-refractivity contribution in [2.24, 2.45) is 5.92 Å². The number of nitrogens with zero attached hydrogens (tertiary/aromatic N) is 1. The van der Waals surface area contributed by atoms with Crippen molar-refractivity contribution in [3.05, 3.63) is 0 Å². The zero-order valence-electron chi connectivity index (χ0n) is 11.7. The SMILES string of the molecule is O=C1CCCN1CCCN[C@@H]1CCC[C@H](C(F)(F)F)C1. The van der Waals surface area contributed by atoms with Gasteiger partial charge in [-0.25, -0.2) is 0 Å². The molecule has 1 heterocycles. The summed E-state index contributed by atoms with van der Waals surface area (Å²) in [5.41, 5.74) is 0. The van der Waals surface area contributed by atoms with Gasteiger partial charge in [-0.3, -0.25) is 4.79 Å². The molecule has 0 radical (unpaired) electrons. The lowest BCUT2D eigenvalue weighted by molar-refractivity contribution is -0.183. The molecule has 0 spiro atoms. The van der Waals surface area contributed by atoms with Crippen LogP contribution in [-0.2, 0) is 4.79 Å². The summed E-state index contributed by atoms with van der Waals surface area (Å²) >= 11 is 0. The van der Waals surface area contributed by atoms with Crippen molar-refractivity contribution in [2.45, 2.75) is 57.2 Å². The predicted octanol–water partition coefficient (Wildman–Crippen LogP) is 2.71. The van der Waals surface area contributed by atoms with E-state index in [1.54, 1.807) is 0 Å². The molecule has 2 fully saturated rings. The summed E-state index contributed by atoms with van der Waals surface area (Å²) in [6, 6.07) is -0.0235. The van der Waals surface area contributed by atoms with Crippen LogP contribution in [0, 0.1) is 5.92 Å². The Labute approximate surface area is 117 Å². The molecule has 1 aliphatic carbocycles. The van der Waals surface area contributed by atoms with E-state index in [4.69, 9.17) is 0 Å². The molecule has 6 heteroatoms. The van der Waals surface area contributed by atoms with Crippen LogP contribution in [0.5, 0.6) is 0 Å². The van der Waals surface area contributed by atoms with E-state index in [9.17, 15) is 18.0 Å². The van der Waals surface area contributed by atoms with Crippen LogP contribution in [0.4, 0.5) is 13.2 Å². The van der Waals surface area contributed by atoms with Gasteiger partial charge < -0.3 is 10.2 Å². The molecule has 1 amide bonds. The molecule has 1 saturated carbocycles. The van der Waals surface area contributed by atoms with E-state index in [2.05, 4.69) is 5.32 Å². The summed E-state index contributed by atoms with van der Waals surface area (Å²) in [6.45, 7) is 2.25. The molecule has 20 heavy (non-hydrogen) atoms. The highest BCUT2D eigenvalue weighted by Crippen LogP contribution is 2.37. The van der Waals surface area contributed by atoms with Gasteiger partial charge in [-0.1, -0.05) is 6.42 Å². The Hall–Kier alpha value is -0.780. The smallest absolute Gasteiger partial charge is 0.343 e. The minimum Gasteiger partial charge on any atom is -0.343 e. The summed E-state index contributed by atoms with van der Waals surface area (Å²) in [4.78, 5) is 13.3. The highest BCUT2D eigenvalue weighted by Gasteiger charge is 2.41. The third-order valence-corrected chi connectivity index (χ3v) is 4.35. The standard InChI is InChI=1S/C14H23F3N2O/c15-14(16,17)11-4-1-5-12(10-11)18-7-3-9-19-8-2-6-13(19)20/h11-12,18H,1-10H2/t11-,12+/m0/s1. The molecule has 1 saturated heterocycles. The second-order valence-electron chi connectivity index (χ2n) is 5.89. The molecule has 0 aromatic carbocycles. The fourth-order valence-corrected chi connectivity index (χ4v) is 3.19. The van der Waals surface area contributed by atoms with Crippen LogP contribution in [0.3, 0.4) is 0 Å². The molecule has 0 bridgehead atoms. The Morgan fingerprint density at radius 1 is 1.25 bits per heavy atom. The second kappa shape index (κ2) is 6.78. The van der Waals surface area contributed by atoms with Crippen LogP contribution in [0.2, 0.25) is 0 Å². The van der Waals surface area contributed by atoms with Crippen molar-refractivity contribution in [1.29, 1.82) is 0 Å². The molecule has 3 nitrogen and oxygen atoms in total. The Bertz CT molecular complexity index is 333. The van der Waals surface area contributed by atoms with Crippen LogP contribution in [0.15, 0.2) is 0 Å². The van der Waals surface area contributed by atoms with Gasteiger partial charge >= 0.3 is 6.18 Å². The van der Waals surface area contributed by atoms with Gasteiger partial charge in [0, 0.05) is 25.6 Å². The Balaban J connectivity index is 1.63. The number of amides is 1. The Morgan fingerprint density at radius 3 is 2.70 bits per heavy atom. The summed E-state index contributed by atoms with van der Waals surface area (Å²) in [7, 11) is 0. The number of hydrogen-bond donors (Lipinski definition) is 1. The fraction of sp³-hybridized carbons (Fsp3) is 0.929. The summed E-state index contributed by atoms with van der Waals surface area (Å²) in [6.07, 6.45) is 0.282. The number of alkyl halides is 3. The van der Waals surface area contributed by atoms with Crippen molar-refractivity contribution >= 4 is 5.91 Å². The van der Waals surface area contributed by atoms with Crippen molar-refractivity contribution in [1.82, 2.24) is 10.2 Å². The van der Waals surface area contributed by atoms with Crippen LogP contribution in [-0.4, -0.2) is 42.7 Å². The molecule has 0 unspecified atom stereocenters. The number of carbonyl (C=O) groups is 1. The average molecular weight is 292 g/mol. The normalized spacial score (nSPS) is 28.1. The van der Waals surface area contributed by atoms with Crippen molar-refractivity contribution in [3.8, 4) is 0 Å². The molecule has 0 aromatic heterocycles. The van der Waals surface area contributed by atoms with E-state index >= 15 is 0 Å². The van der Waals surface area contributed by atoms with Gasteiger partial charge in [0.1, 0.15) is 0 Å². The first kappa shape index (κ1) is 15.6. The zero-order valence-corrected chi connectivity index (χ0v) is 11.7. The highest BCUT2D eigenvalue weighted by molar-refractivity contribution is 5.77. The largest absolute Gasteiger partial charge is 0.391 e. The quantitative estimate of drug-likeness (QED) is 0.790. The fourth-order valence-electron chi connectivity index (χ4n) is 3.19. The maximum absolute atomic E-state index is 12.7. The molecule has 2 aliphatic rings. The van der Waals surface area contributed by atoms with Crippen LogP contribution >= 0.6 is 0 Å². The maximum atomic E-state index is 12.7. The van der Waals surface area contributed by atoms with Gasteiger partial charge in [0.2, 0.25) is 5.91 Å². The Kier molecular flexibility index (Phi) is 5.29. The molecule has 0 aromatic rings. The molecule has 2 rings (SSSR count). The first-order valence-corrected chi connectivity index (χ1v) is 7.54. The highest BCUT2D eigenvalue weighted by atomic mass is 19.4. The molecular weight excluding hydrogens is 269 g/mol.